The number of hydrogen-bond donors (Lipinski definition) is 1. The fourth-order valence-corrected chi connectivity index (χ4v) is 3.38. The first-order valence-corrected chi connectivity index (χ1v) is 9.77. The third-order valence-corrected chi connectivity index (χ3v) is 5.03. The second-order valence-corrected chi connectivity index (χ2v) is 7.14. The van der Waals surface area contributed by atoms with Gasteiger partial charge in [-0.1, -0.05) is 35.3 Å². The normalized spacial score (nSPS) is 10.7. The molecule has 0 saturated carbocycles. The topological polar surface area (TPSA) is 114 Å². The Hall–Kier alpha value is -3.43. The number of nitrogens with zero attached hydrogens (tertiary/aromatic N) is 4. The lowest BCUT2D eigenvalue weighted by atomic mass is 10.1. The van der Waals surface area contributed by atoms with E-state index in [1.165, 1.54) is 23.1 Å². The highest BCUT2D eigenvalue weighted by molar-refractivity contribution is 6.36. The minimum absolute atomic E-state index is 0.0746. The Morgan fingerprint density at radius 1 is 1.10 bits per heavy atom. The molecular formula is C20H16Cl2N4O5. The van der Waals surface area contributed by atoms with Gasteiger partial charge in [0.05, 0.1) is 27.0 Å². The van der Waals surface area contributed by atoms with Crippen LogP contribution in [0.3, 0.4) is 0 Å². The van der Waals surface area contributed by atoms with E-state index in [-0.39, 0.29) is 16.3 Å². The van der Waals surface area contributed by atoms with E-state index in [1.54, 1.807) is 31.2 Å². The molecule has 3 rings (SSSR count). The Morgan fingerprint density at radius 2 is 1.81 bits per heavy atom. The molecule has 0 atom stereocenters. The van der Waals surface area contributed by atoms with Gasteiger partial charge in [-0.15, -0.1) is 0 Å². The lowest BCUT2D eigenvalue weighted by molar-refractivity contribution is -0.137. The number of carboxylic acids is 1. The van der Waals surface area contributed by atoms with Crippen LogP contribution in [0.25, 0.3) is 5.69 Å². The van der Waals surface area contributed by atoms with Crippen LogP contribution in [0.4, 0.5) is 5.69 Å². The standard InChI is InChI=1S/C20H16Cl2N4O5/c1-2-24(16-6-4-3-5-15(16)22)19(30)13-9-12(7-8-14(13)21)26-20(31)25(11-18(28)29)17(27)10-23-26/h3-10H,2,11H2,1H3,(H,28,29). The Kier molecular flexibility index (Phi) is 6.57. The Morgan fingerprint density at radius 3 is 2.45 bits per heavy atom. The number of para-hydroxylation sites is 1. The molecule has 31 heavy (non-hydrogen) atoms. The van der Waals surface area contributed by atoms with E-state index in [0.717, 1.165) is 10.9 Å². The van der Waals surface area contributed by atoms with Gasteiger partial charge >= 0.3 is 11.7 Å². The van der Waals surface area contributed by atoms with Gasteiger partial charge in [0.2, 0.25) is 0 Å². The number of carbonyl (C=O) groups excluding carboxylic acids is 1. The van der Waals surface area contributed by atoms with Gasteiger partial charge in [0.15, 0.2) is 0 Å². The summed E-state index contributed by atoms with van der Waals surface area (Å²) in [7, 11) is 0. The summed E-state index contributed by atoms with van der Waals surface area (Å²) in [4.78, 5) is 50.1. The van der Waals surface area contributed by atoms with Gasteiger partial charge in [-0.05, 0) is 37.3 Å². The smallest absolute Gasteiger partial charge is 0.352 e. The van der Waals surface area contributed by atoms with Crippen LogP contribution in [-0.2, 0) is 11.3 Å². The van der Waals surface area contributed by atoms with Gasteiger partial charge < -0.3 is 10.0 Å². The molecule has 3 aromatic rings. The number of benzene rings is 2. The van der Waals surface area contributed by atoms with Crippen LogP contribution in [0, 0.1) is 0 Å². The highest BCUT2D eigenvalue weighted by Gasteiger charge is 2.22. The van der Waals surface area contributed by atoms with E-state index >= 15 is 0 Å². The van der Waals surface area contributed by atoms with E-state index in [2.05, 4.69) is 5.10 Å². The first kappa shape index (κ1) is 22.3. The van der Waals surface area contributed by atoms with E-state index in [9.17, 15) is 19.2 Å². The van der Waals surface area contributed by atoms with Gasteiger partial charge in [0.1, 0.15) is 12.7 Å². The summed E-state index contributed by atoms with van der Waals surface area (Å²) in [6.45, 7) is 1.24. The number of hydrogen-bond acceptors (Lipinski definition) is 5. The summed E-state index contributed by atoms with van der Waals surface area (Å²) in [5.74, 6) is -1.82. The maximum absolute atomic E-state index is 13.2. The van der Waals surface area contributed by atoms with Crippen LogP contribution >= 0.6 is 23.2 Å². The molecule has 0 aliphatic heterocycles. The van der Waals surface area contributed by atoms with Crippen molar-refractivity contribution in [3.8, 4) is 5.69 Å². The lowest BCUT2D eigenvalue weighted by Gasteiger charge is -2.23. The third-order valence-electron chi connectivity index (χ3n) is 4.38. The molecule has 160 valence electrons. The van der Waals surface area contributed by atoms with Crippen molar-refractivity contribution in [1.29, 1.82) is 0 Å². The summed E-state index contributed by atoms with van der Waals surface area (Å²) < 4.78 is 1.34. The van der Waals surface area contributed by atoms with Crippen LogP contribution in [-0.4, -0.2) is 37.9 Å². The first-order chi connectivity index (χ1) is 14.7. The third kappa shape index (κ3) is 4.52. The minimum Gasteiger partial charge on any atom is -0.480 e. The van der Waals surface area contributed by atoms with E-state index in [4.69, 9.17) is 28.3 Å². The molecule has 1 N–H and O–H groups in total. The monoisotopic (exact) mass is 462 g/mol. The van der Waals surface area contributed by atoms with Crippen molar-refractivity contribution in [3.05, 3.63) is 85.1 Å². The Balaban J connectivity index is 2.10. The Labute approximate surface area is 185 Å². The van der Waals surface area contributed by atoms with Crippen molar-refractivity contribution in [3.63, 3.8) is 0 Å². The first-order valence-electron chi connectivity index (χ1n) is 9.02. The van der Waals surface area contributed by atoms with Crippen LogP contribution in [0.1, 0.15) is 17.3 Å². The number of aromatic nitrogens is 3. The summed E-state index contributed by atoms with van der Waals surface area (Å²) in [6, 6.07) is 11.0. The second kappa shape index (κ2) is 9.15. The molecule has 1 aromatic heterocycles. The van der Waals surface area contributed by atoms with Crippen molar-refractivity contribution in [1.82, 2.24) is 14.3 Å². The van der Waals surface area contributed by atoms with Crippen LogP contribution in [0.5, 0.6) is 0 Å². The molecule has 1 heterocycles. The van der Waals surface area contributed by atoms with Crippen molar-refractivity contribution >= 4 is 40.8 Å². The molecular weight excluding hydrogens is 447 g/mol. The number of carbonyl (C=O) groups is 2. The van der Waals surface area contributed by atoms with Crippen molar-refractivity contribution < 1.29 is 14.7 Å². The molecule has 0 fully saturated rings. The molecule has 1 amide bonds. The zero-order valence-electron chi connectivity index (χ0n) is 16.2. The molecule has 0 radical (unpaired) electrons. The maximum Gasteiger partial charge on any atom is 0.352 e. The number of aliphatic carboxylic acids is 1. The number of halogens is 2. The molecule has 0 saturated heterocycles. The van der Waals surface area contributed by atoms with E-state index in [1.807, 2.05) is 0 Å². The highest BCUT2D eigenvalue weighted by atomic mass is 35.5. The summed E-state index contributed by atoms with van der Waals surface area (Å²) in [6.07, 6.45) is 0.822. The molecule has 2 aromatic carbocycles. The van der Waals surface area contributed by atoms with E-state index < -0.39 is 29.7 Å². The number of anilines is 1. The quantitative estimate of drug-likeness (QED) is 0.601. The van der Waals surface area contributed by atoms with Crippen molar-refractivity contribution in [2.75, 3.05) is 11.4 Å². The van der Waals surface area contributed by atoms with Crippen molar-refractivity contribution in [2.24, 2.45) is 0 Å². The molecule has 0 bridgehead atoms. The Bertz CT molecular complexity index is 1290. The molecule has 0 aliphatic carbocycles. The zero-order valence-corrected chi connectivity index (χ0v) is 17.7. The average Bonchev–Trinajstić information content (AvgIpc) is 2.73. The molecule has 0 unspecified atom stereocenters. The highest BCUT2D eigenvalue weighted by Crippen LogP contribution is 2.28. The van der Waals surface area contributed by atoms with E-state index in [0.29, 0.717) is 21.8 Å². The molecule has 9 nitrogen and oxygen atoms in total. The summed E-state index contributed by atoms with van der Waals surface area (Å²) >= 11 is 12.5. The van der Waals surface area contributed by atoms with Crippen LogP contribution in [0.2, 0.25) is 10.0 Å². The van der Waals surface area contributed by atoms with Crippen molar-refractivity contribution in [2.45, 2.75) is 13.5 Å². The fraction of sp³-hybridized carbons (Fsp3) is 0.150. The number of carboxylic acid groups (broad SMARTS) is 1. The van der Waals surface area contributed by atoms with Crippen LogP contribution < -0.4 is 16.1 Å². The van der Waals surface area contributed by atoms with Gasteiger partial charge in [-0.25, -0.2) is 9.36 Å². The summed E-state index contributed by atoms with van der Waals surface area (Å²) in [5.41, 5.74) is -1.12. The predicted octanol–water partition coefficient (Wildman–Crippen LogP) is 2.45. The predicted molar refractivity (Wildman–Crippen MR) is 116 cm³/mol. The molecule has 0 spiro atoms. The van der Waals surface area contributed by atoms with Gasteiger partial charge in [-0.2, -0.15) is 9.78 Å². The molecule has 11 heteroatoms. The van der Waals surface area contributed by atoms with Crippen LogP contribution in [0.15, 0.2) is 58.3 Å². The average molecular weight is 463 g/mol. The largest absolute Gasteiger partial charge is 0.480 e. The lowest BCUT2D eigenvalue weighted by Crippen LogP contribution is -2.41. The van der Waals surface area contributed by atoms with Gasteiger partial charge in [0, 0.05) is 6.54 Å². The molecule has 0 aliphatic rings. The number of amides is 1. The summed E-state index contributed by atoms with van der Waals surface area (Å²) in [5, 5.41) is 13.2. The second-order valence-electron chi connectivity index (χ2n) is 6.32. The minimum atomic E-state index is -1.36. The SMILES string of the molecule is CCN(C(=O)c1cc(-n2ncc(=O)n(CC(=O)O)c2=O)ccc1Cl)c1ccccc1Cl. The van der Waals surface area contributed by atoms with Gasteiger partial charge in [-0.3, -0.25) is 14.4 Å². The van der Waals surface area contributed by atoms with Gasteiger partial charge in [0.25, 0.3) is 11.5 Å². The number of rotatable bonds is 6. The fourth-order valence-electron chi connectivity index (χ4n) is 2.94. The maximum atomic E-state index is 13.2. The zero-order chi connectivity index (χ0) is 22.7.